The zero-order chi connectivity index (χ0) is 17.0. The number of benzene rings is 1. The molecule has 0 saturated carbocycles. The number of imidazole rings is 1. The van der Waals surface area contributed by atoms with E-state index in [9.17, 15) is 9.59 Å². The summed E-state index contributed by atoms with van der Waals surface area (Å²) in [5.74, 6) is -1.26. The average molecular weight is 315 g/mol. The van der Waals surface area contributed by atoms with Crippen LogP contribution < -0.4 is 5.32 Å². The Kier molecular flexibility index (Phi) is 4.83. The molecular weight excluding hydrogens is 294 g/mol. The average Bonchev–Trinajstić information content (AvgIpc) is 3.00. The number of hydrogen-bond donors (Lipinski definition) is 2. The quantitative estimate of drug-likeness (QED) is 0.858. The third-order valence-corrected chi connectivity index (χ3v) is 3.75. The van der Waals surface area contributed by atoms with Gasteiger partial charge >= 0.3 is 5.97 Å². The Bertz CT molecular complexity index is 676. The van der Waals surface area contributed by atoms with E-state index in [4.69, 9.17) is 5.11 Å². The lowest BCUT2D eigenvalue weighted by molar-refractivity contribution is -0.149. The predicted octanol–water partition coefficient (Wildman–Crippen LogP) is 2.55. The Hall–Kier alpha value is -2.63. The molecule has 0 aliphatic carbocycles. The third kappa shape index (κ3) is 4.18. The normalized spacial score (nSPS) is 12.7. The lowest BCUT2D eigenvalue weighted by atomic mass is 9.89. The highest BCUT2D eigenvalue weighted by atomic mass is 16.4. The van der Waals surface area contributed by atoms with E-state index < -0.39 is 11.4 Å². The van der Waals surface area contributed by atoms with Crippen molar-refractivity contribution in [3.8, 4) is 5.69 Å². The number of carbonyl (C=O) groups excluding carboxylic acids is 1. The van der Waals surface area contributed by atoms with Crippen LogP contribution in [0.3, 0.4) is 0 Å². The summed E-state index contributed by atoms with van der Waals surface area (Å²) in [7, 11) is 0. The first-order valence-electron chi connectivity index (χ1n) is 7.40. The molecule has 23 heavy (non-hydrogen) atoms. The maximum absolute atomic E-state index is 12.0. The van der Waals surface area contributed by atoms with Crippen molar-refractivity contribution in [2.24, 2.45) is 5.41 Å². The Morgan fingerprint density at radius 3 is 2.48 bits per heavy atom. The van der Waals surface area contributed by atoms with E-state index in [1.165, 1.54) is 0 Å². The fraction of sp³-hybridized carbons (Fsp3) is 0.353. The first-order chi connectivity index (χ1) is 10.8. The van der Waals surface area contributed by atoms with E-state index in [1.807, 2.05) is 42.0 Å². The van der Waals surface area contributed by atoms with E-state index in [0.29, 0.717) is 0 Å². The lowest BCUT2D eigenvalue weighted by Gasteiger charge is -2.21. The van der Waals surface area contributed by atoms with Crippen LogP contribution in [-0.2, 0) is 9.59 Å². The molecule has 0 bridgehead atoms. The molecule has 0 unspecified atom stereocenters. The van der Waals surface area contributed by atoms with Gasteiger partial charge in [-0.05, 0) is 38.5 Å². The molecule has 6 nitrogen and oxygen atoms in total. The van der Waals surface area contributed by atoms with E-state index >= 15 is 0 Å². The molecule has 2 rings (SSSR count). The molecule has 0 radical (unpaired) electrons. The number of carboxylic acids is 1. The Labute approximate surface area is 135 Å². The first kappa shape index (κ1) is 16.7. The summed E-state index contributed by atoms with van der Waals surface area (Å²) < 4.78 is 1.89. The number of nitrogens with zero attached hydrogens (tertiary/aromatic N) is 2. The Balaban J connectivity index is 1.99. The standard InChI is InChI=1S/C17H21N3O3/c1-12(19-15(21)10-17(2,3)16(22)23)13-4-6-14(7-5-13)20-9-8-18-11-20/h4-9,11-12H,10H2,1-3H3,(H,19,21)(H,22,23)/t12-/m1/s1. The van der Waals surface area contributed by atoms with E-state index in [2.05, 4.69) is 10.3 Å². The fourth-order valence-electron chi connectivity index (χ4n) is 2.20. The van der Waals surface area contributed by atoms with Crippen molar-refractivity contribution in [2.45, 2.75) is 33.2 Å². The highest BCUT2D eigenvalue weighted by Crippen LogP contribution is 2.21. The molecule has 1 amide bonds. The smallest absolute Gasteiger partial charge is 0.309 e. The van der Waals surface area contributed by atoms with Gasteiger partial charge in [-0.3, -0.25) is 9.59 Å². The summed E-state index contributed by atoms with van der Waals surface area (Å²) in [5.41, 5.74) is 0.863. The number of hydrogen-bond acceptors (Lipinski definition) is 3. The SMILES string of the molecule is C[C@@H](NC(=O)CC(C)(C)C(=O)O)c1ccc(-n2ccnc2)cc1. The zero-order valence-corrected chi connectivity index (χ0v) is 13.5. The van der Waals surface area contributed by atoms with Crippen molar-refractivity contribution in [3.63, 3.8) is 0 Å². The fourth-order valence-corrected chi connectivity index (χ4v) is 2.20. The van der Waals surface area contributed by atoms with Gasteiger partial charge in [-0.25, -0.2) is 4.98 Å². The topological polar surface area (TPSA) is 84.2 Å². The van der Waals surface area contributed by atoms with Gasteiger partial charge in [-0.15, -0.1) is 0 Å². The summed E-state index contributed by atoms with van der Waals surface area (Å²) in [6, 6.07) is 7.57. The largest absolute Gasteiger partial charge is 0.481 e. The highest BCUT2D eigenvalue weighted by molar-refractivity contribution is 5.84. The van der Waals surface area contributed by atoms with Crippen LogP contribution in [0.15, 0.2) is 43.0 Å². The minimum atomic E-state index is -1.07. The van der Waals surface area contributed by atoms with Crippen molar-refractivity contribution in [3.05, 3.63) is 48.5 Å². The third-order valence-electron chi connectivity index (χ3n) is 3.75. The van der Waals surface area contributed by atoms with Crippen LogP contribution in [-0.4, -0.2) is 26.5 Å². The second-order valence-electron chi connectivity index (χ2n) is 6.22. The molecule has 122 valence electrons. The van der Waals surface area contributed by atoms with Crippen LogP contribution in [0.2, 0.25) is 0 Å². The lowest BCUT2D eigenvalue weighted by Crippen LogP contribution is -2.34. The molecule has 1 atom stereocenters. The number of carboxylic acid groups (broad SMARTS) is 1. The van der Waals surface area contributed by atoms with Crippen molar-refractivity contribution in [1.82, 2.24) is 14.9 Å². The van der Waals surface area contributed by atoms with E-state index in [-0.39, 0.29) is 18.4 Å². The molecular formula is C17H21N3O3. The van der Waals surface area contributed by atoms with Crippen molar-refractivity contribution >= 4 is 11.9 Å². The minimum absolute atomic E-state index is 0.0558. The van der Waals surface area contributed by atoms with E-state index in [0.717, 1.165) is 11.3 Å². The molecule has 1 heterocycles. The molecule has 1 aromatic carbocycles. The Morgan fingerprint density at radius 2 is 1.96 bits per heavy atom. The molecule has 0 saturated heterocycles. The van der Waals surface area contributed by atoms with Crippen LogP contribution in [0.5, 0.6) is 0 Å². The molecule has 0 fully saturated rings. The summed E-state index contributed by atoms with van der Waals surface area (Å²) >= 11 is 0. The summed E-state index contributed by atoms with van der Waals surface area (Å²) in [6.45, 7) is 4.96. The number of amides is 1. The summed E-state index contributed by atoms with van der Waals surface area (Å²) in [4.78, 5) is 27.1. The molecule has 6 heteroatoms. The first-order valence-corrected chi connectivity index (χ1v) is 7.40. The number of rotatable bonds is 6. The van der Waals surface area contributed by atoms with Crippen molar-refractivity contribution in [2.75, 3.05) is 0 Å². The monoisotopic (exact) mass is 315 g/mol. The van der Waals surface area contributed by atoms with Crippen LogP contribution in [0, 0.1) is 5.41 Å². The van der Waals surface area contributed by atoms with Gasteiger partial charge in [0.2, 0.25) is 5.91 Å². The van der Waals surface area contributed by atoms with Crippen LogP contribution in [0.1, 0.15) is 38.8 Å². The highest BCUT2D eigenvalue weighted by Gasteiger charge is 2.30. The second kappa shape index (κ2) is 6.64. The molecule has 0 aliphatic rings. The molecule has 2 aromatic rings. The predicted molar refractivity (Wildman–Crippen MR) is 86.2 cm³/mol. The van der Waals surface area contributed by atoms with Gasteiger partial charge in [-0.1, -0.05) is 12.1 Å². The Morgan fingerprint density at radius 1 is 1.30 bits per heavy atom. The van der Waals surface area contributed by atoms with Gasteiger partial charge in [0.15, 0.2) is 0 Å². The van der Waals surface area contributed by atoms with Crippen LogP contribution >= 0.6 is 0 Å². The van der Waals surface area contributed by atoms with Gasteiger partial charge in [0.1, 0.15) is 0 Å². The van der Waals surface area contributed by atoms with Gasteiger partial charge in [0, 0.05) is 24.5 Å². The van der Waals surface area contributed by atoms with E-state index in [1.54, 1.807) is 26.4 Å². The van der Waals surface area contributed by atoms with Gasteiger partial charge < -0.3 is 15.0 Å². The maximum atomic E-state index is 12.0. The molecule has 0 spiro atoms. The maximum Gasteiger partial charge on any atom is 0.309 e. The van der Waals surface area contributed by atoms with Crippen LogP contribution in [0.25, 0.3) is 5.69 Å². The molecule has 0 aliphatic heterocycles. The summed E-state index contributed by atoms with van der Waals surface area (Å²) in [6.07, 6.45) is 5.23. The number of aliphatic carboxylic acids is 1. The van der Waals surface area contributed by atoms with Crippen molar-refractivity contribution in [1.29, 1.82) is 0 Å². The number of nitrogens with one attached hydrogen (secondary N) is 1. The zero-order valence-electron chi connectivity index (χ0n) is 13.5. The minimum Gasteiger partial charge on any atom is -0.481 e. The van der Waals surface area contributed by atoms with Crippen LogP contribution in [0.4, 0.5) is 0 Å². The second-order valence-corrected chi connectivity index (χ2v) is 6.22. The van der Waals surface area contributed by atoms with Gasteiger partial charge in [-0.2, -0.15) is 0 Å². The molecule has 1 aromatic heterocycles. The molecule has 2 N–H and O–H groups in total. The summed E-state index contributed by atoms with van der Waals surface area (Å²) in [5, 5.41) is 11.9. The number of carbonyl (C=O) groups is 2. The van der Waals surface area contributed by atoms with Gasteiger partial charge in [0.25, 0.3) is 0 Å². The van der Waals surface area contributed by atoms with Gasteiger partial charge in [0.05, 0.1) is 17.8 Å². The number of aromatic nitrogens is 2. The van der Waals surface area contributed by atoms with Crippen molar-refractivity contribution < 1.29 is 14.7 Å².